The Morgan fingerprint density at radius 2 is 1.91 bits per heavy atom. The third kappa shape index (κ3) is 3.67. The van der Waals surface area contributed by atoms with Crippen LogP contribution in [0.15, 0.2) is 36.4 Å². The van der Waals surface area contributed by atoms with E-state index in [1.807, 2.05) is 12.1 Å². The predicted molar refractivity (Wildman–Crippen MR) is 126 cm³/mol. The molecule has 2 heterocycles. The van der Waals surface area contributed by atoms with Gasteiger partial charge in [0.2, 0.25) is 0 Å². The number of carboxylic acid groups (broad SMARTS) is 1. The summed E-state index contributed by atoms with van der Waals surface area (Å²) in [6.07, 6.45) is 2.65. The van der Waals surface area contributed by atoms with Gasteiger partial charge in [-0.1, -0.05) is 0 Å². The smallest absolute Gasteiger partial charge is 0.312 e. The summed E-state index contributed by atoms with van der Waals surface area (Å²) in [5.74, 6) is -0.683. The predicted octanol–water partition coefficient (Wildman–Crippen LogP) is 5.27. The van der Waals surface area contributed by atoms with E-state index in [0.29, 0.717) is 31.6 Å². The molecule has 1 aliphatic carbocycles. The molecule has 6 nitrogen and oxygen atoms in total. The second-order valence-electron chi connectivity index (χ2n) is 9.78. The maximum absolute atomic E-state index is 14.1. The van der Waals surface area contributed by atoms with Crippen molar-refractivity contribution >= 4 is 16.9 Å². The second kappa shape index (κ2) is 8.71. The van der Waals surface area contributed by atoms with Crippen LogP contribution in [-0.4, -0.2) is 47.7 Å². The second-order valence-corrected chi connectivity index (χ2v) is 9.78. The first-order chi connectivity index (χ1) is 16.3. The van der Waals surface area contributed by atoms with E-state index in [2.05, 4.69) is 4.57 Å². The molecular weight excluding hydrogens is 437 g/mol. The number of phenols is 1. The lowest BCUT2D eigenvalue weighted by atomic mass is 9.59. The Hall–Kier alpha value is -2.90. The number of phenolic OH excluding ortho intramolecular Hbond substituents is 1. The number of hydrogen-bond acceptors (Lipinski definition) is 4. The van der Waals surface area contributed by atoms with Crippen LogP contribution in [0.3, 0.4) is 0 Å². The van der Waals surface area contributed by atoms with E-state index in [-0.39, 0.29) is 30.0 Å². The molecule has 1 saturated heterocycles. The number of rotatable bonds is 6. The molecule has 0 bridgehead atoms. The van der Waals surface area contributed by atoms with Crippen molar-refractivity contribution < 1.29 is 28.9 Å². The van der Waals surface area contributed by atoms with Crippen LogP contribution in [-0.2, 0) is 14.3 Å². The molecular formula is C27H30FNO5. The normalized spacial score (nSPS) is 23.2. The lowest BCUT2D eigenvalue weighted by molar-refractivity contribution is -0.160. The van der Waals surface area contributed by atoms with E-state index in [4.69, 9.17) is 9.47 Å². The van der Waals surface area contributed by atoms with Crippen molar-refractivity contribution in [3.63, 3.8) is 0 Å². The van der Waals surface area contributed by atoms with Crippen molar-refractivity contribution in [2.45, 2.75) is 44.4 Å². The summed E-state index contributed by atoms with van der Waals surface area (Å²) in [7, 11) is 1.53. The van der Waals surface area contributed by atoms with Crippen molar-refractivity contribution in [1.82, 2.24) is 4.57 Å². The van der Waals surface area contributed by atoms with E-state index in [9.17, 15) is 19.4 Å². The van der Waals surface area contributed by atoms with Gasteiger partial charge in [0.05, 0.1) is 17.5 Å². The lowest BCUT2D eigenvalue weighted by Crippen LogP contribution is -2.46. The van der Waals surface area contributed by atoms with E-state index in [1.165, 1.54) is 13.2 Å². The molecule has 1 saturated carbocycles. The maximum Gasteiger partial charge on any atom is 0.312 e. The van der Waals surface area contributed by atoms with Gasteiger partial charge in [-0.15, -0.1) is 0 Å². The van der Waals surface area contributed by atoms with Crippen LogP contribution in [0.25, 0.3) is 16.6 Å². The molecule has 0 spiro atoms. The third-order valence-electron chi connectivity index (χ3n) is 7.59. The van der Waals surface area contributed by atoms with Gasteiger partial charge in [-0.2, -0.15) is 0 Å². The molecule has 180 valence electrons. The molecule has 34 heavy (non-hydrogen) atoms. The van der Waals surface area contributed by atoms with Crippen LogP contribution in [0.2, 0.25) is 0 Å². The molecule has 5 rings (SSSR count). The molecule has 2 aromatic carbocycles. The Morgan fingerprint density at radius 3 is 2.56 bits per heavy atom. The number of nitrogens with zero attached hydrogens (tertiary/aromatic N) is 1. The van der Waals surface area contributed by atoms with Gasteiger partial charge < -0.3 is 24.3 Å². The molecule has 2 fully saturated rings. The minimum atomic E-state index is -0.899. The molecule has 7 heteroatoms. The number of halogens is 1. The molecule has 0 amide bonds. The molecule has 2 aliphatic rings. The van der Waals surface area contributed by atoms with Crippen molar-refractivity contribution in [2.24, 2.45) is 5.41 Å². The Kier molecular flexibility index (Phi) is 5.86. The highest BCUT2D eigenvalue weighted by molar-refractivity contribution is 5.90. The van der Waals surface area contributed by atoms with Gasteiger partial charge in [-0.3, -0.25) is 4.79 Å². The maximum atomic E-state index is 14.1. The number of carbonyl (C=O) groups is 1. The zero-order chi connectivity index (χ0) is 24.0. The molecule has 3 aromatic rings. The number of ether oxygens (including phenoxy) is 2. The summed E-state index contributed by atoms with van der Waals surface area (Å²) in [4.78, 5) is 12.1. The van der Waals surface area contributed by atoms with E-state index < -0.39 is 11.4 Å². The molecule has 0 radical (unpaired) electrons. The summed E-state index contributed by atoms with van der Waals surface area (Å²) in [5, 5.41) is 21.2. The highest BCUT2D eigenvalue weighted by Crippen LogP contribution is 2.56. The standard InChI is InChI=1S/C27H30FNO5/c1-16-11-19(3-5-22(16)28)29-23-6-4-20(30)12-21(23)24(25(29)17-7-9-34-10-8-17)18-13-27(14-18,15-33-2)26(31)32/h3-6,11-12,17-18,30H,7-10,13-15H2,1-2H3,(H,31,32). The van der Waals surface area contributed by atoms with Crippen LogP contribution in [0.1, 0.15) is 54.3 Å². The van der Waals surface area contributed by atoms with Crippen LogP contribution in [0.4, 0.5) is 4.39 Å². The average Bonchev–Trinajstić information content (AvgIpc) is 3.12. The number of fused-ring (bicyclic) bond motifs is 1. The van der Waals surface area contributed by atoms with Gasteiger partial charge in [0.25, 0.3) is 0 Å². The monoisotopic (exact) mass is 467 g/mol. The third-order valence-corrected chi connectivity index (χ3v) is 7.59. The highest BCUT2D eigenvalue weighted by Gasteiger charge is 2.52. The fraction of sp³-hybridized carbons (Fsp3) is 0.444. The van der Waals surface area contributed by atoms with Crippen molar-refractivity contribution in [3.8, 4) is 11.4 Å². The Balaban J connectivity index is 1.73. The molecule has 2 N–H and O–H groups in total. The number of aryl methyl sites for hydroxylation is 1. The summed E-state index contributed by atoms with van der Waals surface area (Å²) in [5.41, 5.74) is 3.67. The average molecular weight is 468 g/mol. The largest absolute Gasteiger partial charge is 0.508 e. The number of benzene rings is 2. The van der Waals surface area contributed by atoms with Crippen molar-refractivity contribution in [1.29, 1.82) is 0 Å². The molecule has 1 aromatic heterocycles. The number of aromatic hydroxyl groups is 1. The number of hydrogen-bond donors (Lipinski definition) is 2. The Morgan fingerprint density at radius 1 is 1.18 bits per heavy atom. The van der Waals surface area contributed by atoms with Crippen molar-refractivity contribution in [3.05, 3.63) is 59.0 Å². The number of aliphatic carboxylic acids is 1. The molecule has 0 unspecified atom stereocenters. The Labute approximate surface area is 197 Å². The first-order valence-electron chi connectivity index (χ1n) is 11.8. The quantitative estimate of drug-likeness (QED) is 0.516. The number of carboxylic acids is 1. The zero-order valence-corrected chi connectivity index (χ0v) is 19.5. The van der Waals surface area contributed by atoms with Crippen LogP contribution in [0.5, 0.6) is 5.75 Å². The Bertz CT molecular complexity index is 1240. The van der Waals surface area contributed by atoms with Gasteiger partial charge >= 0.3 is 5.97 Å². The van der Waals surface area contributed by atoms with Crippen LogP contribution in [0, 0.1) is 18.2 Å². The minimum absolute atomic E-state index is 0.0243. The van der Waals surface area contributed by atoms with E-state index >= 15 is 0 Å². The number of aromatic nitrogens is 1. The van der Waals surface area contributed by atoms with Crippen LogP contribution >= 0.6 is 0 Å². The van der Waals surface area contributed by atoms with E-state index in [1.54, 1.807) is 25.1 Å². The fourth-order valence-electron chi connectivity index (χ4n) is 5.89. The summed E-state index contributed by atoms with van der Waals surface area (Å²) in [6.45, 7) is 3.25. The minimum Gasteiger partial charge on any atom is -0.508 e. The van der Waals surface area contributed by atoms with Gasteiger partial charge in [0.15, 0.2) is 0 Å². The van der Waals surface area contributed by atoms with E-state index in [0.717, 1.165) is 40.7 Å². The zero-order valence-electron chi connectivity index (χ0n) is 19.5. The summed E-state index contributed by atoms with van der Waals surface area (Å²) in [6, 6.07) is 10.5. The fourth-order valence-corrected chi connectivity index (χ4v) is 5.89. The highest BCUT2D eigenvalue weighted by atomic mass is 19.1. The van der Waals surface area contributed by atoms with Gasteiger partial charge in [0.1, 0.15) is 11.6 Å². The first kappa shape index (κ1) is 22.9. The first-order valence-corrected chi connectivity index (χ1v) is 11.8. The topological polar surface area (TPSA) is 80.9 Å². The summed E-state index contributed by atoms with van der Waals surface area (Å²) >= 11 is 0. The SMILES string of the molecule is COCC1(C(=O)O)CC(c2c(C3CCOCC3)n(-c3ccc(F)c(C)c3)c3ccc(O)cc23)C1. The van der Waals surface area contributed by atoms with Gasteiger partial charge in [-0.05, 0) is 86.1 Å². The van der Waals surface area contributed by atoms with Crippen LogP contribution < -0.4 is 0 Å². The lowest BCUT2D eigenvalue weighted by Gasteiger charge is -2.45. The van der Waals surface area contributed by atoms with Gasteiger partial charge in [-0.25, -0.2) is 4.39 Å². The summed E-state index contributed by atoms with van der Waals surface area (Å²) < 4.78 is 27.2. The molecule has 1 aliphatic heterocycles. The molecule has 0 atom stereocenters. The van der Waals surface area contributed by atoms with Crippen molar-refractivity contribution in [2.75, 3.05) is 26.9 Å². The number of methoxy groups -OCH3 is 1. The van der Waals surface area contributed by atoms with Gasteiger partial charge in [0, 0.05) is 43.0 Å².